The fourth-order valence-corrected chi connectivity index (χ4v) is 10.1. The van der Waals surface area contributed by atoms with E-state index in [4.69, 9.17) is 10.5 Å². The zero-order valence-corrected chi connectivity index (χ0v) is 49.4. The Morgan fingerprint density at radius 3 is 1.85 bits per heavy atom. The normalized spacial score (nSPS) is 23.8. The van der Waals surface area contributed by atoms with Crippen LogP contribution in [0.2, 0.25) is 0 Å². The molecule has 21 heteroatoms. The van der Waals surface area contributed by atoms with Gasteiger partial charge >= 0.3 is 0 Å². The van der Waals surface area contributed by atoms with Crippen LogP contribution in [-0.2, 0) is 43.8 Å². The average molecular weight is 1120 g/mol. The summed E-state index contributed by atoms with van der Waals surface area (Å²) in [6.45, 7) is 20.0. The van der Waals surface area contributed by atoms with E-state index < -0.39 is 132 Å². The van der Waals surface area contributed by atoms with Crippen molar-refractivity contribution in [3.63, 3.8) is 0 Å². The van der Waals surface area contributed by atoms with E-state index in [1.54, 1.807) is 99.1 Å². The molecule has 12 atom stereocenters. The third-order valence-corrected chi connectivity index (χ3v) is 15.1. The van der Waals surface area contributed by atoms with Gasteiger partial charge in [-0.25, -0.2) is 0 Å². The molecule has 0 saturated carbocycles. The zero-order chi connectivity index (χ0) is 59.9. The van der Waals surface area contributed by atoms with Gasteiger partial charge in [-0.3, -0.25) is 33.6 Å². The van der Waals surface area contributed by atoms with E-state index in [-0.39, 0.29) is 30.9 Å². The minimum absolute atomic E-state index is 0.118. The summed E-state index contributed by atoms with van der Waals surface area (Å²) >= 11 is 0. The number of nitrogens with zero attached hydrogens (tertiary/aromatic N) is 3. The van der Waals surface area contributed by atoms with Gasteiger partial charge in [-0.2, -0.15) is 0 Å². The Labute approximate surface area is 472 Å². The maximum absolute atomic E-state index is 15.6. The summed E-state index contributed by atoms with van der Waals surface area (Å²) in [5.74, 6) is -7.79. The summed E-state index contributed by atoms with van der Waals surface area (Å²) in [6.07, 6.45) is 0.0867. The van der Waals surface area contributed by atoms with Gasteiger partial charge < -0.3 is 72.1 Å². The number of para-hydroxylation sites is 1. The Balaban J connectivity index is 2.02. The minimum Gasteiger partial charge on any atom is -0.396 e. The number of amides is 7. The minimum atomic E-state index is -1.88. The first-order chi connectivity index (χ1) is 37.6. The van der Waals surface area contributed by atoms with Gasteiger partial charge in [-0.05, 0) is 96.4 Å². The highest BCUT2D eigenvalue weighted by Gasteiger charge is 2.44. The third-order valence-electron chi connectivity index (χ3n) is 15.1. The molecule has 2 aromatic carbocycles. The molecule has 0 radical (unpaired) electrons. The smallest absolute Gasteiger partial charge is 0.248 e. The van der Waals surface area contributed by atoms with Crippen molar-refractivity contribution in [2.24, 2.45) is 29.4 Å². The number of hydrogen-bond donors (Lipinski definition) is 10. The molecule has 11 N–H and O–H groups in total. The number of carbonyl (C=O) groups is 7. The number of rotatable bonds is 20. The number of aliphatic hydroxyl groups is 3. The van der Waals surface area contributed by atoms with Crippen molar-refractivity contribution in [2.75, 3.05) is 47.4 Å². The Morgan fingerprint density at radius 1 is 0.738 bits per heavy atom. The standard InChI is InChI=1S/C59H92N10O11/c1-33(2)27-37(8)47-55(76)65-48(50(72)41-31-69(42-24-19-18-23-40(41)42)59(10,11)45(71)30-61-26-20-25-60)58(79)68(13)44(29-36(7)32-70)53(74)62-38(9)52(73)66-49(51(80-14)39-21-16-15-17-22-39)56(77)63-46(35(5)6)57(78)67(12)43(28-34(3)4)54(75)64-47/h15-19,21-24,27,31,34-38,43-51,61,70-72H,20,25-26,28-30,32,60H2,1-14H3,(H,62,74)(H,63,77)(H,64,75)(H,65,76)(H,66,73)/t36-,37-,38+,43+,44+,45+,46+,47?,48+,49?,50-,51-/m1/s1. The Morgan fingerprint density at radius 2 is 1.27 bits per heavy atom. The molecule has 1 fully saturated rings. The highest BCUT2D eigenvalue weighted by atomic mass is 16.5. The maximum Gasteiger partial charge on any atom is 0.248 e. The van der Waals surface area contributed by atoms with Crippen LogP contribution in [0.25, 0.3) is 10.9 Å². The van der Waals surface area contributed by atoms with Gasteiger partial charge in [0.05, 0.1) is 11.6 Å². The van der Waals surface area contributed by atoms with E-state index in [2.05, 4.69) is 31.9 Å². The van der Waals surface area contributed by atoms with Gasteiger partial charge in [-0.15, -0.1) is 0 Å². The quantitative estimate of drug-likeness (QED) is 0.0576. The van der Waals surface area contributed by atoms with Gasteiger partial charge in [0.25, 0.3) is 0 Å². The summed E-state index contributed by atoms with van der Waals surface area (Å²) in [5.41, 5.74) is 6.74. The van der Waals surface area contributed by atoms with Crippen molar-refractivity contribution in [3.8, 4) is 0 Å². The molecule has 4 rings (SSSR count). The first-order valence-corrected chi connectivity index (χ1v) is 27.9. The van der Waals surface area contributed by atoms with Crippen molar-refractivity contribution >= 4 is 52.3 Å². The number of ether oxygens (including phenoxy) is 1. The van der Waals surface area contributed by atoms with Crippen LogP contribution in [0.4, 0.5) is 0 Å². The number of fused-ring (bicyclic) bond motifs is 1. The molecule has 1 aromatic heterocycles. The molecule has 0 bridgehead atoms. The molecule has 1 aliphatic rings. The second-order valence-corrected chi connectivity index (χ2v) is 23.1. The van der Waals surface area contributed by atoms with E-state index in [0.29, 0.717) is 36.0 Å². The van der Waals surface area contributed by atoms with E-state index in [9.17, 15) is 39.3 Å². The number of likely N-dealkylation sites (N-methyl/N-ethyl adjacent to an activating group) is 2. The number of nitrogens with two attached hydrogens (primary N) is 1. The van der Waals surface area contributed by atoms with Crippen molar-refractivity contribution < 1.29 is 53.6 Å². The van der Waals surface area contributed by atoms with Crippen molar-refractivity contribution in [2.45, 2.75) is 162 Å². The van der Waals surface area contributed by atoms with Crippen LogP contribution in [0.5, 0.6) is 0 Å². The van der Waals surface area contributed by atoms with Crippen LogP contribution >= 0.6 is 0 Å². The van der Waals surface area contributed by atoms with Crippen LogP contribution in [0.15, 0.2) is 72.4 Å². The fraction of sp³-hybridized carbons (Fsp3) is 0.610. The molecular weight excluding hydrogens is 1020 g/mol. The monoisotopic (exact) mass is 1120 g/mol. The number of methoxy groups -OCH3 is 1. The molecule has 0 aliphatic carbocycles. The topological polar surface area (TPSA) is 299 Å². The molecule has 2 heterocycles. The van der Waals surface area contributed by atoms with Crippen molar-refractivity contribution in [1.29, 1.82) is 0 Å². The Bertz CT molecular complexity index is 2600. The van der Waals surface area contributed by atoms with Crippen LogP contribution < -0.4 is 37.6 Å². The molecule has 21 nitrogen and oxygen atoms in total. The lowest BCUT2D eigenvalue weighted by atomic mass is 9.94. The largest absolute Gasteiger partial charge is 0.396 e. The van der Waals surface area contributed by atoms with E-state index in [1.807, 2.05) is 41.5 Å². The lowest BCUT2D eigenvalue weighted by Crippen LogP contribution is -2.62. The van der Waals surface area contributed by atoms with Gasteiger partial charge in [-0.1, -0.05) is 102 Å². The number of benzene rings is 2. The molecule has 80 heavy (non-hydrogen) atoms. The van der Waals surface area contributed by atoms with Crippen LogP contribution in [-0.4, -0.2) is 167 Å². The number of carbonyl (C=O) groups excluding carboxylic acids is 7. The lowest BCUT2D eigenvalue weighted by molar-refractivity contribution is -0.146. The maximum atomic E-state index is 15.6. The number of hydrogen-bond acceptors (Lipinski definition) is 13. The molecule has 3 aromatic rings. The first-order valence-electron chi connectivity index (χ1n) is 27.9. The number of nitrogens with one attached hydrogen (secondary N) is 6. The van der Waals surface area contributed by atoms with Crippen LogP contribution in [0.1, 0.15) is 119 Å². The Kier molecular flexibility index (Phi) is 24.9. The van der Waals surface area contributed by atoms with E-state index in [1.165, 1.54) is 33.0 Å². The first kappa shape index (κ1) is 66.3. The summed E-state index contributed by atoms with van der Waals surface area (Å²) in [7, 11) is 4.11. The molecule has 444 valence electrons. The van der Waals surface area contributed by atoms with Gasteiger partial charge in [0, 0.05) is 62.9 Å². The van der Waals surface area contributed by atoms with Crippen molar-refractivity contribution in [1.82, 2.24) is 46.3 Å². The second kappa shape index (κ2) is 30.0. The molecular formula is C59H92N10O11. The zero-order valence-electron chi connectivity index (χ0n) is 49.4. The van der Waals surface area contributed by atoms with E-state index >= 15 is 9.59 Å². The lowest BCUT2D eigenvalue weighted by Gasteiger charge is -2.36. The highest BCUT2D eigenvalue weighted by molar-refractivity contribution is 5.99. The summed E-state index contributed by atoms with van der Waals surface area (Å²) in [6, 6.07) is 5.61. The van der Waals surface area contributed by atoms with Gasteiger partial charge in [0.2, 0.25) is 41.4 Å². The third kappa shape index (κ3) is 16.7. The summed E-state index contributed by atoms with van der Waals surface area (Å²) < 4.78 is 7.68. The number of aromatic nitrogens is 1. The highest BCUT2D eigenvalue weighted by Crippen LogP contribution is 2.35. The van der Waals surface area contributed by atoms with Gasteiger partial charge in [0.1, 0.15) is 54.5 Å². The van der Waals surface area contributed by atoms with Gasteiger partial charge in [0.15, 0.2) is 0 Å². The van der Waals surface area contributed by atoms with Crippen LogP contribution in [0.3, 0.4) is 0 Å². The second-order valence-electron chi connectivity index (χ2n) is 23.1. The molecule has 1 aliphatic heterocycles. The average Bonchev–Trinajstić information content (AvgIpc) is 3.81. The molecule has 7 amide bonds. The van der Waals surface area contributed by atoms with Crippen LogP contribution in [0, 0.1) is 23.7 Å². The summed E-state index contributed by atoms with van der Waals surface area (Å²) in [5, 5.41) is 52.6. The van der Waals surface area contributed by atoms with Crippen molar-refractivity contribution in [3.05, 3.63) is 83.6 Å². The predicted molar refractivity (Wildman–Crippen MR) is 307 cm³/mol. The molecule has 1 saturated heterocycles. The number of aliphatic hydroxyl groups excluding tert-OH is 3. The SMILES string of the molecule is CO[C@H](c1ccccc1)C1NC(=O)[C@H](C)NC(=O)[C@H](C[C@@H](C)CO)N(C)C(=O)[C@H]([C@H](O)c2cn(C(C)(C)[C@@H](O)CNCCCN)c3ccccc23)NC(=O)C([C@H](C)C=C(C)C)NC(=O)[C@H](CC(C)C)N(C)C(=O)[C@H](C(C)C)NC1=O. The predicted octanol–water partition coefficient (Wildman–Crippen LogP) is 2.53. The Hall–Kier alpha value is -6.23. The van der Waals surface area contributed by atoms with E-state index in [0.717, 1.165) is 10.5 Å². The summed E-state index contributed by atoms with van der Waals surface area (Å²) in [4.78, 5) is 107. The molecule has 2 unspecified atom stereocenters. The number of allylic oxidation sites excluding steroid dienone is 1. The molecule has 0 spiro atoms. The fourth-order valence-electron chi connectivity index (χ4n) is 10.1.